The molecule has 1 aromatic carbocycles. The van der Waals surface area contributed by atoms with Gasteiger partial charge in [0.1, 0.15) is 5.75 Å². The van der Waals surface area contributed by atoms with E-state index in [1.54, 1.807) is 18.2 Å². The van der Waals surface area contributed by atoms with Crippen molar-refractivity contribution in [3.63, 3.8) is 0 Å². The Balaban J connectivity index is 2.94. The highest BCUT2D eigenvalue weighted by Crippen LogP contribution is 2.21. The summed E-state index contributed by atoms with van der Waals surface area (Å²) in [4.78, 5) is 13.5. The molecule has 2 aromatic rings. The van der Waals surface area contributed by atoms with Crippen LogP contribution in [0.3, 0.4) is 0 Å². The van der Waals surface area contributed by atoms with Gasteiger partial charge in [-0.15, -0.1) is 0 Å². The number of nitrogens with one attached hydrogen (secondary N) is 1. The average molecular weight is 176 g/mol. The van der Waals surface area contributed by atoms with Gasteiger partial charge >= 0.3 is 0 Å². The highest BCUT2D eigenvalue weighted by atomic mass is 16.3. The number of benzene rings is 1. The van der Waals surface area contributed by atoms with Gasteiger partial charge in [-0.3, -0.25) is 4.79 Å². The van der Waals surface area contributed by atoms with Gasteiger partial charge in [0.25, 0.3) is 5.56 Å². The van der Waals surface area contributed by atoms with Crippen LogP contribution in [-0.2, 0) is 0 Å². The van der Waals surface area contributed by atoms with Crippen molar-refractivity contribution in [1.29, 1.82) is 0 Å². The van der Waals surface area contributed by atoms with Crippen LogP contribution >= 0.6 is 0 Å². The van der Waals surface area contributed by atoms with Crippen LogP contribution in [0.5, 0.6) is 5.75 Å². The molecule has 4 heteroatoms. The molecule has 0 saturated heterocycles. The molecule has 0 aliphatic rings. The van der Waals surface area contributed by atoms with Crippen LogP contribution in [0.25, 0.3) is 10.9 Å². The highest BCUT2D eigenvalue weighted by Gasteiger charge is 2.00. The zero-order valence-corrected chi connectivity index (χ0v) is 6.74. The number of fused-ring (bicyclic) bond motifs is 1. The number of H-pyrrole nitrogens is 1. The number of aromatic nitrogens is 1. The fourth-order valence-corrected chi connectivity index (χ4v) is 1.26. The lowest BCUT2D eigenvalue weighted by molar-refractivity contribution is 0.480. The van der Waals surface area contributed by atoms with E-state index < -0.39 is 0 Å². The summed E-state index contributed by atoms with van der Waals surface area (Å²) in [6.07, 6.45) is 0. The first-order valence-electron chi connectivity index (χ1n) is 3.78. The summed E-state index contributed by atoms with van der Waals surface area (Å²) in [6, 6.07) is 6.07. The predicted octanol–water partition coefficient (Wildman–Crippen LogP) is 0.816. The van der Waals surface area contributed by atoms with Crippen molar-refractivity contribution in [2.24, 2.45) is 0 Å². The Morgan fingerprint density at radius 1 is 1.31 bits per heavy atom. The number of hydrogen-bond acceptors (Lipinski definition) is 3. The molecule has 0 unspecified atom stereocenters. The van der Waals surface area contributed by atoms with E-state index in [4.69, 9.17) is 5.73 Å². The van der Waals surface area contributed by atoms with Crippen molar-refractivity contribution in [2.45, 2.75) is 0 Å². The van der Waals surface area contributed by atoms with Crippen molar-refractivity contribution in [1.82, 2.24) is 4.98 Å². The lowest BCUT2D eigenvalue weighted by Gasteiger charge is -2.00. The molecule has 66 valence electrons. The van der Waals surface area contributed by atoms with Gasteiger partial charge in [0.2, 0.25) is 0 Å². The Morgan fingerprint density at radius 2 is 2.08 bits per heavy atom. The summed E-state index contributed by atoms with van der Waals surface area (Å²) in [5.74, 6) is -0.0289. The number of aromatic amines is 1. The Morgan fingerprint density at radius 3 is 2.85 bits per heavy atom. The second-order valence-corrected chi connectivity index (χ2v) is 2.82. The predicted molar refractivity (Wildman–Crippen MR) is 50.6 cm³/mol. The van der Waals surface area contributed by atoms with Crippen molar-refractivity contribution in [3.05, 3.63) is 34.6 Å². The van der Waals surface area contributed by atoms with Gasteiger partial charge in [0.15, 0.2) is 0 Å². The normalized spacial score (nSPS) is 10.5. The number of nitrogens with two attached hydrogens (primary N) is 1. The van der Waals surface area contributed by atoms with Crippen LogP contribution in [0.2, 0.25) is 0 Å². The number of rotatable bonds is 0. The number of hydrogen-bond donors (Lipinski definition) is 3. The Hall–Kier alpha value is -1.97. The number of nitrogen functional groups attached to an aromatic ring is 1. The van der Waals surface area contributed by atoms with Crippen molar-refractivity contribution in [2.75, 3.05) is 5.73 Å². The van der Waals surface area contributed by atoms with E-state index >= 15 is 0 Å². The fraction of sp³-hybridized carbons (Fsp3) is 0. The molecule has 4 N–H and O–H groups in total. The van der Waals surface area contributed by atoms with Gasteiger partial charge in [0.05, 0.1) is 5.52 Å². The van der Waals surface area contributed by atoms with Crippen molar-refractivity contribution < 1.29 is 5.11 Å². The summed E-state index contributed by atoms with van der Waals surface area (Å²) in [5, 5.41) is 9.97. The molecule has 2 rings (SSSR count). The SMILES string of the molecule is Nc1ccc2c(O)cc(=O)[nH]c2c1. The van der Waals surface area contributed by atoms with Gasteiger partial charge in [-0.05, 0) is 18.2 Å². The summed E-state index contributed by atoms with van der Waals surface area (Å²) in [7, 11) is 0. The zero-order chi connectivity index (χ0) is 9.42. The molecule has 0 aliphatic carbocycles. The maximum absolute atomic E-state index is 11.0. The zero-order valence-electron chi connectivity index (χ0n) is 6.74. The number of anilines is 1. The van der Waals surface area contributed by atoms with Gasteiger partial charge in [-0.2, -0.15) is 0 Å². The first-order chi connectivity index (χ1) is 6.16. The molecule has 4 nitrogen and oxygen atoms in total. The van der Waals surface area contributed by atoms with Crippen LogP contribution in [0.4, 0.5) is 5.69 Å². The van der Waals surface area contributed by atoms with E-state index in [-0.39, 0.29) is 11.3 Å². The van der Waals surface area contributed by atoms with E-state index in [0.717, 1.165) is 6.07 Å². The van der Waals surface area contributed by atoms with Gasteiger partial charge < -0.3 is 15.8 Å². The molecule has 13 heavy (non-hydrogen) atoms. The molecule has 0 spiro atoms. The monoisotopic (exact) mass is 176 g/mol. The summed E-state index contributed by atoms with van der Waals surface area (Å²) in [5.41, 5.74) is 6.28. The summed E-state index contributed by atoms with van der Waals surface area (Å²) in [6.45, 7) is 0. The first kappa shape index (κ1) is 7.67. The average Bonchev–Trinajstić information content (AvgIpc) is 2.02. The molecule has 1 aromatic heterocycles. The largest absolute Gasteiger partial charge is 0.507 e. The van der Waals surface area contributed by atoms with E-state index in [0.29, 0.717) is 16.6 Å². The quantitative estimate of drug-likeness (QED) is 0.520. The van der Waals surface area contributed by atoms with Crippen molar-refractivity contribution >= 4 is 16.6 Å². The van der Waals surface area contributed by atoms with E-state index in [9.17, 15) is 9.90 Å². The molecule has 0 saturated carbocycles. The van der Waals surface area contributed by atoms with Crippen LogP contribution in [0.15, 0.2) is 29.1 Å². The molecule has 0 amide bonds. The van der Waals surface area contributed by atoms with Crippen LogP contribution in [0, 0.1) is 0 Å². The molecule has 0 fully saturated rings. The lowest BCUT2D eigenvalue weighted by Crippen LogP contribution is -2.03. The fourth-order valence-electron chi connectivity index (χ4n) is 1.26. The van der Waals surface area contributed by atoms with Crippen LogP contribution in [0.1, 0.15) is 0 Å². The molecule has 0 radical (unpaired) electrons. The van der Waals surface area contributed by atoms with Crippen molar-refractivity contribution in [3.8, 4) is 5.75 Å². The number of pyridine rings is 1. The topological polar surface area (TPSA) is 79.1 Å². The van der Waals surface area contributed by atoms with Gasteiger partial charge in [-0.25, -0.2) is 0 Å². The molecule has 1 heterocycles. The molecule has 0 aliphatic heterocycles. The lowest BCUT2D eigenvalue weighted by atomic mass is 10.2. The second kappa shape index (κ2) is 2.52. The smallest absolute Gasteiger partial charge is 0.252 e. The Kier molecular flexibility index (Phi) is 1.48. The summed E-state index contributed by atoms with van der Waals surface area (Å²) < 4.78 is 0. The van der Waals surface area contributed by atoms with Gasteiger partial charge in [0, 0.05) is 17.1 Å². The second-order valence-electron chi connectivity index (χ2n) is 2.82. The molecular formula is C9H8N2O2. The van der Waals surface area contributed by atoms with Crippen LogP contribution < -0.4 is 11.3 Å². The van der Waals surface area contributed by atoms with E-state index in [1.807, 2.05) is 0 Å². The summed E-state index contributed by atoms with van der Waals surface area (Å²) >= 11 is 0. The third-order valence-electron chi connectivity index (χ3n) is 1.85. The molecule has 0 atom stereocenters. The number of aromatic hydroxyl groups is 1. The van der Waals surface area contributed by atoms with E-state index in [2.05, 4.69) is 4.98 Å². The Labute approximate surface area is 73.6 Å². The minimum absolute atomic E-state index is 0.0289. The minimum Gasteiger partial charge on any atom is -0.507 e. The third-order valence-corrected chi connectivity index (χ3v) is 1.85. The van der Waals surface area contributed by atoms with Gasteiger partial charge in [-0.1, -0.05) is 0 Å². The minimum atomic E-state index is -0.337. The molecule has 0 bridgehead atoms. The van der Waals surface area contributed by atoms with Crippen LogP contribution in [-0.4, -0.2) is 10.1 Å². The first-order valence-corrected chi connectivity index (χ1v) is 3.78. The maximum atomic E-state index is 11.0. The standard InChI is InChI=1S/C9H8N2O2/c10-5-1-2-6-7(3-5)11-9(13)4-8(6)12/h1-4H,10H2,(H2,11,12,13). The Bertz CT molecular complexity index is 516. The van der Waals surface area contributed by atoms with E-state index in [1.165, 1.54) is 0 Å². The third kappa shape index (κ3) is 1.22. The highest BCUT2D eigenvalue weighted by molar-refractivity contribution is 5.86. The maximum Gasteiger partial charge on any atom is 0.252 e. The molecular weight excluding hydrogens is 168 g/mol.